The predicted molar refractivity (Wildman–Crippen MR) is 50.2 cm³/mol. The fraction of sp³-hybridized carbons (Fsp3) is 0. The Morgan fingerprint density at radius 1 is 1.14 bits per heavy atom. The quantitative estimate of drug-likeness (QED) is 0.527. The molecule has 0 atom stereocenters. The molecule has 0 fully saturated rings. The Morgan fingerprint density at radius 3 is 2.57 bits per heavy atom. The fourth-order valence-corrected chi connectivity index (χ4v) is 1.11. The Bertz CT molecular complexity index is 390. The molecular weight excluding hydrogens is 180 g/mol. The molecule has 0 aromatic heterocycles. The minimum absolute atomic E-state index is 0.185. The first-order valence-corrected chi connectivity index (χ1v) is 4.18. The van der Waals surface area contributed by atoms with E-state index in [-0.39, 0.29) is 11.5 Å². The molecule has 2 rings (SSSR count). The average molecular weight is 188 g/mol. The van der Waals surface area contributed by atoms with E-state index in [4.69, 9.17) is 4.89 Å². The lowest BCUT2D eigenvalue weighted by atomic mass is 10.1. The highest BCUT2D eigenvalue weighted by Crippen LogP contribution is 2.12. The first kappa shape index (κ1) is 8.56. The molecule has 0 unspecified atom stereocenters. The van der Waals surface area contributed by atoms with E-state index in [0.29, 0.717) is 5.56 Å². The molecule has 0 amide bonds. The first-order chi connectivity index (χ1) is 6.88. The Kier molecular flexibility index (Phi) is 2.32. The molecule has 1 aromatic carbocycles. The van der Waals surface area contributed by atoms with E-state index in [1.807, 2.05) is 6.07 Å². The molecule has 14 heavy (non-hydrogen) atoms. The van der Waals surface area contributed by atoms with Gasteiger partial charge in [-0.2, -0.15) is 0 Å². The van der Waals surface area contributed by atoms with Gasteiger partial charge in [-0.05, 0) is 12.2 Å². The summed E-state index contributed by atoms with van der Waals surface area (Å²) in [5, 5.41) is 0. The molecule has 70 valence electrons. The molecule has 0 saturated heterocycles. The van der Waals surface area contributed by atoms with Gasteiger partial charge in [-0.15, -0.1) is 0 Å². The Labute approximate surface area is 81.2 Å². The van der Waals surface area contributed by atoms with Crippen LogP contribution in [-0.2, 0) is 9.78 Å². The molecule has 3 heteroatoms. The Balaban J connectivity index is 2.24. The third-order valence-corrected chi connectivity index (χ3v) is 1.78. The number of carbonyl (C=O) groups is 1. The smallest absolute Gasteiger partial charge is 0.232 e. The van der Waals surface area contributed by atoms with E-state index in [9.17, 15) is 4.79 Å². The summed E-state index contributed by atoms with van der Waals surface area (Å²) in [5.74, 6) is 0.00801. The van der Waals surface area contributed by atoms with Crippen LogP contribution in [0.25, 0.3) is 0 Å². The summed E-state index contributed by atoms with van der Waals surface area (Å²) in [4.78, 5) is 21.0. The molecule has 0 bridgehead atoms. The number of Topliss-reactive ketones (excluding diaryl/α,β-unsaturated/α-hetero) is 1. The molecule has 0 spiro atoms. The lowest BCUT2D eigenvalue weighted by Crippen LogP contribution is -2.07. The second-order valence-corrected chi connectivity index (χ2v) is 2.73. The van der Waals surface area contributed by atoms with Crippen LogP contribution in [0.1, 0.15) is 10.4 Å². The molecule has 0 N–H and O–H groups in total. The van der Waals surface area contributed by atoms with Gasteiger partial charge in [0.25, 0.3) is 0 Å². The molecule has 0 aliphatic carbocycles. The second-order valence-electron chi connectivity index (χ2n) is 2.73. The van der Waals surface area contributed by atoms with Gasteiger partial charge in [-0.3, -0.25) is 14.6 Å². The van der Waals surface area contributed by atoms with Crippen molar-refractivity contribution in [1.82, 2.24) is 0 Å². The zero-order valence-electron chi connectivity index (χ0n) is 7.34. The lowest BCUT2D eigenvalue weighted by Gasteiger charge is -2.07. The fourth-order valence-electron chi connectivity index (χ4n) is 1.11. The maximum atomic E-state index is 11.7. The van der Waals surface area contributed by atoms with Gasteiger partial charge in [0.05, 0.1) is 0 Å². The summed E-state index contributed by atoms with van der Waals surface area (Å²) in [6, 6.07) is 8.90. The van der Waals surface area contributed by atoms with Crippen molar-refractivity contribution in [2.75, 3.05) is 0 Å². The van der Waals surface area contributed by atoms with E-state index >= 15 is 0 Å². The molecule has 0 radical (unpaired) electrons. The second kappa shape index (κ2) is 3.79. The normalized spacial score (nSPS) is 13.9. The third-order valence-electron chi connectivity index (χ3n) is 1.78. The number of carbonyl (C=O) groups excluding carboxylic acids is 1. The number of hydrogen-bond donors (Lipinski definition) is 0. The number of ketones is 1. The highest BCUT2D eigenvalue weighted by molar-refractivity contribution is 6.07. The molecule has 1 aliphatic heterocycles. The van der Waals surface area contributed by atoms with Crippen molar-refractivity contribution < 1.29 is 14.6 Å². The standard InChI is InChI=1S/C11H8O3/c12-11(9-5-2-1-3-6-9)10-7-4-8-13-14-10/h1-8H. The summed E-state index contributed by atoms with van der Waals surface area (Å²) in [6.07, 6.45) is 4.54. The van der Waals surface area contributed by atoms with E-state index in [2.05, 4.69) is 4.89 Å². The highest BCUT2D eigenvalue weighted by Gasteiger charge is 2.15. The van der Waals surface area contributed by atoms with Gasteiger partial charge in [-0.1, -0.05) is 30.3 Å². The molecular formula is C11H8O3. The van der Waals surface area contributed by atoms with Gasteiger partial charge in [0, 0.05) is 5.56 Å². The Hall–Kier alpha value is -2.03. The van der Waals surface area contributed by atoms with Crippen molar-refractivity contribution in [3.8, 4) is 0 Å². The zero-order valence-corrected chi connectivity index (χ0v) is 7.34. The SMILES string of the molecule is O=C(C1=CC=COO1)c1ccccc1. The third kappa shape index (κ3) is 1.66. The number of hydrogen-bond acceptors (Lipinski definition) is 3. The number of allylic oxidation sites excluding steroid dienone is 3. The van der Waals surface area contributed by atoms with Gasteiger partial charge in [0.2, 0.25) is 11.5 Å². The molecule has 1 heterocycles. The van der Waals surface area contributed by atoms with Crippen molar-refractivity contribution in [2.24, 2.45) is 0 Å². The van der Waals surface area contributed by atoms with Crippen molar-refractivity contribution in [3.05, 3.63) is 60.1 Å². The van der Waals surface area contributed by atoms with Gasteiger partial charge >= 0.3 is 0 Å². The summed E-state index contributed by atoms with van der Waals surface area (Å²) < 4.78 is 0. The molecule has 3 nitrogen and oxygen atoms in total. The van der Waals surface area contributed by atoms with Crippen LogP contribution in [0.3, 0.4) is 0 Å². The Morgan fingerprint density at radius 2 is 1.93 bits per heavy atom. The lowest BCUT2D eigenvalue weighted by molar-refractivity contribution is -0.209. The van der Waals surface area contributed by atoms with Gasteiger partial charge in [0.15, 0.2) is 0 Å². The summed E-state index contributed by atoms with van der Waals surface area (Å²) in [6.45, 7) is 0. The van der Waals surface area contributed by atoms with Crippen LogP contribution in [0.2, 0.25) is 0 Å². The van der Waals surface area contributed by atoms with Crippen LogP contribution in [-0.4, -0.2) is 5.78 Å². The van der Waals surface area contributed by atoms with Crippen LogP contribution < -0.4 is 0 Å². The average Bonchev–Trinajstić information content (AvgIpc) is 2.30. The summed E-state index contributed by atoms with van der Waals surface area (Å²) in [5.41, 5.74) is 0.581. The van der Waals surface area contributed by atoms with Crippen molar-refractivity contribution >= 4 is 5.78 Å². The van der Waals surface area contributed by atoms with Crippen molar-refractivity contribution in [1.29, 1.82) is 0 Å². The molecule has 0 saturated carbocycles. The zero-order chi connectivity index (χ0) is 9.80. The molecule has 1 aliphatic rings. The monoisotopic (exact) mass is 188 g/mol. The highest BCUT2D eigenvalue weighted by atomic mass is 17.2. The predicted octanol–water partition coefficient (Wildman–Crippen LogP) is 2.23. The minimum Gasteiger partial charge on any atom is -0.298 e. The largest absolute Gasteiger partial charge is 0.298 e. The van der Waals surface area contributed by atoms with E-state index in [1.165, 1.54) is 6.26 Å². The van der Waals surface area contributed by atoms with Crippen LogP contribution in [0.15, 0.2) is 54.5 Å². The topological polar surface area (TPSA) is 35.5 Å². The minimum atomic E-state index is -0.185. The van der Waals surface area contributed by atoms with E-state index in [0.717, 1.165) is 0 Å². The van der Waals surface area contributed by atoms with Crippen LogP contribution in [0.4, 0.5) is 0 Å². The van der Waals surface area contributed by atoms with Gasteiger partial charge in [0.1, 0.15) is 6.26 Å². The summed E-state index contributed by atoms with van der Waals surface area (Å²) in [7, 11) is 0. The number of rotatable bonds is 2. The van der Waals surface area contributed by atoms with Crippen LogP contribution in [0.5, 0.6) is 0 Å². The summed E-state index contributed by atoms with van der Waals surface area (Å²) >= 11 is 0. The van der Waals surface area contributed by atoms with Crippen LogP contribution >= 0.6 is 0 Å². The van der Waals surface area contributed by atoms with Crippen LogP contribution in [0, 0.1) is 0 Å². The number of benzene rings is 1. The van der Waals surface area contributed by atoms with Crippen molar-refractivity contribution in [3.63, 3.8) is 0 Å². The van der Waals surface area contributed by atoms with Gasteiger partial charge in [-0.25, -0.2) is 0 Å². The van der Waals surface area contributed by atoms with Crippen molar-refractivity contribution in [2.45, 2.75) is 0 Å². The maximum Gasteiger partial charge on any atom is 0.232 e. The maximum absolute atomic E-state index is 11.7. The van der Waals surface area contributed by atoms with E-state index < -0.39 is 0 Å². The first-order valence-electron chi connectivity index (χ1n) is 4.18. The molecule has 1 aromatic rings. The van der Waals surface area contributed by atoms with E-state index in [1.54, 1.807) is 36.4 Å². The van der Waals surface area contributed by atoms with Gasteiger partial charge < -0.3 is 0 Å².